The first-order chi connectivity index (χ1) is 8.45. The fourth-order valence-corrected chi connectivity index (χ4v) is 1.76. The van der Waals surface area contributed by atoms with Crippen molar-refractivity contribution in [2.45, 2.75) is 26.3 Å². The van der Waals surface area contributed by atoms with Crippen molar-refractivity contribution in [1.82, 2.24) is 5.32 Å². The molecule has 0 spiro atoms. The second-order valence-corrected chi connectivity index (χ2v) is 4.73. The number of phenols is 1. The number of anilines is 1. The van der Waals surface area contributed by atoms with Gasteiger partial charge in [-0.2, -0.15) is 0 Å². The van der Waals surface area contributed by atoms with Crippen molar-refractivity contribution in [3.8, 4) is 5.75 Å². The minimum Gasteiger partial charge on any atom is -0.505 e. The minimum atomic E-state index is -0.431. The number of carbonyl (C=O) groups is 1. The van der Waals surface area contributed by atoms with E-state index in [0.29, 0.717) is 12.3 Å². The zero-order valence-electron chi connectivity index (χ0n) is 10.7. The number of rotatable bonds is 5. The summed E-state index contributed by atoms with van der Waals surface area (Å²) in [5.74, 6) is -0.298. The maximum absolute atomic E-state index is 11.9. The highest BCUT2D eigenvalue weighted by molar-refractivity contribution is 5.98. The van der Waals surface area contributed by atoms with Gasteiger partial charge in [0.05, 0.1) is 23.9 Å². The molecule has 0 heterocycles. The SMILES string of the molecule is CC(C)CC(CO)NC(=O)c1cccc(N)c1O. The molecule has 5 nitrogen and oxygen atoms in total. The summed E-state index contributed by atoms with van der Waals surface area (Å²) < 4.78 is 0. The van der Waals surface area contributed by atoms with Gasteiger partial charge in [-0.15, -0.1) is 0 Å². The van der Waals surface area contributed by atoms with Gasteiger partial charge in [0.25, 0.3) is 5.91 Å². The lowest BCUT2D eigenvalue weighted by atomic mass is 10.0. The van der Waals surface area contributed by atoms with E-state index in [0.717, 1.165) is 0 Å². The number of para-hydroxylation sites is 1. The van der Waals surface area contributed by atoms with Crippen LogP contribution in [0.5, 0.6) is 5.75 Å². The molecular formula is C13H20N2O3. The second kappa shape index (κ2) is 6.26. The summed E-state index contributed by atoms with van der Waals surface area (Å²) in [7, 11) is 0. The van der Waals surface area contributed by atoms with E-state index in [-0.39, 0.29) is 29.6 Å². The molecule has 0 radical (unpaired) electrons. The average molecular weight is 252 g/mol. The van der Waals surface area contributed by atoms with Gasteiger partial charge in [-0.25, -0.2) is 0 Å². The molecular weight excluding hydrogens is 232 g/mol. The van der Waals surface area contributed by atoms with Crippen LogP contribution in [0.25, 0.3) is 0 Å². The van der Waals surface area contributed by atoms with E-state index < -0.39 is 5.91 Å². The number of aliphatic hydroxyl groups is 1. The first-order valence-corrected chi connectivity index (χ1v) is 5.94. The average Bonchev–Trinajstić information content (AvgIpc) is 2.31. The number of aromatic hydroxyl groups is 1. The second-order valence-electron chi connectivity index (χ2n) is 4.73. The van der Waals surface area contributed by atoms with E-state index in [4.69, 9.17) is 5.73 Å². The lowest BCUT2D eigenvalue weighted by molar-refractivity contribution is 0.0906. The number of benzene rings is 1. The summed E-state index contributed by atoms with van der Waals surface area (Å²) in [5.41, 5.74) is 5.80. The van der Waals surface area contributed by atoms with Gasteiger partial charge in [-0.05, 0) is 24.5 Å². The molecule has 1 aromatic rings. The fourth-order valence-electron chi connectivity index (χ4n) is 1.76. The quantitative estimate of drug-likeness (QED) is 0.466. The van der Waals surface area contributed by atoms with Gasteiger partial charge < -0.3 is 21.3 Å². The van der Waals surface area contributed by atoms with E-state index in [1.54, 1.807) is 6.07 Å². The molecule has 1 amide bonds. The number of phenolic OH excluding ortho intramolecular Hbond substituents is 1. The summed E-state index contributed by atoms with van der Waals surface area (Å²) in [6.07, 6.45) is 0.672. The molecule has 18 heavy (non-hydrogen) atoms. The maximum atomic E-state index is 11.9. The Morgan fingerprint density at radius 1 is 1.44 bits per heavy atom. The Hall–Kier alpha value is -1.75. The van der Waals surface area contributed by atoms with Gasteiger partial charge >= 0.3 is 0 Å². The molecule has 0 saturated carbocycles. The van der Waals surface area contributed by atoms with Crippen molar-refractivity contribution in [2.24, 2.45) is 5.92 Å². The van der Waals surface area contributed by atoms with Crippen LogP contribution in [0, 0.1) is 5.92 Å². The van der Waals surface area contributed by atoms with E-state index in [9.17, 15) is 15.0 Å². The highest BCUT2D eigenvalue weighted by Gasteiger charge is 2.17. The topological polar surface area (TPSA) is 95.6 Å². The lowest BCUT2D eigenvalue weighted by Gasteiger charge is -2.18. The van der Waals surface area contributed by atoms with Crippen LogP contribution in [-0.4, -0.2) is 28.8 Å². The van der Waals surface area contributed by atoms with E-state index in [1.165, 1.54) is 12.1 Å². The van der Waals surface area contributed by atoms with E-state index >= 15 is 0 Å². The summed E-state index contributed by atoms with van der Waals surface area (Å²) in [4.78, 5) is 11.9. The number of aliphatic hydroxyl groups excluding tert-OH is 1. The molecule has 5 heteroatoms. The molecule has 1 rings (SSSR count). The number of nitrogens with one attached hydrogen (secondary N) is 1. The van der Waals surface area contributed by atoms with Gasteiger partial charge in [0, 0.05) is 0 Å². The zero-order chi connectivity index (χ0) is 13.7. The van der Waals surface area contributed by atoms with Gasteiger partial charge in [0.2, 0.25) is 0 Å². The number of nitrogens with two attached hydrogens (primary N) is 1. The van der Waals surface area contributed by atoms with Crippen LogP contribution in [-0.2, 0) is 0 Å². The number of nitrogen functional groups attached to an aromatic ring is 1. The van der Waals surface area contributed by atoms with Crippen LogP contribution in [0.3, 0.4) is 0 Å². The summed E-state index contributed by atoms with van der Waals surface area (Å²) >= 11 is 0. The molecule has 1 unspecified atom stereocenters. The van der Waals surface area contributed by atoms with Crippen molar-refractivity contribution >= 4 is 11.6 Å². The fraction of sp³-hybridized carbons (Fsp3) is 0.462. The molecule has 1 aromatic carbocycles. The minimum absolute atomic E-state index is 0.122. The molecule has 1 atom stereocenters. The third kappa shape index (κ3) is 3.63. The maximum Gasteiger partial charge on any atom is 0.255 e. The smallest absolute Gasteiger partial charge is 0.255 e. The summed E-state index contributed by atoms with van der Waals surface area (Å²) in [6.45, 7) is 3.88. The Bertz CT molecular complexity index is 419. The molecule has 0 bridgehead atoms. The van der Waals surface area contributed by atoms with Gasteiger partial charge in [-0.3, -0.25) is 4.79 Å². The summed E-state index contributed by atoms with van der Waals surface area (Å²) in [5, 5.41) is 21.6. The van der Waals surface area contributed by atoms with Crippen LogP contribution in [0.1, 0.15) is 30.6 Å². The standard InChI is InChI=1S/C13H20N2O3/c1-8(2)6-9(7-16)15-13(18)10-4-3-5-11(14)12(10)17/h3-5,8-9,16-17H,6-7,14H2,1-2H3,(H,15,18). The predicted octanol–water partition coefficient (Wildman–Crippen LogP) is 1.11. The first kappa shape index (κ1) is 14.3. The van der Waals surface area contributed by atoms with Crippen molar-refractivity contribution in [1.29, 1.82) is 0 Å². The molecule has 5 N–H and O–H groups in total. The lowest BCUT2D eigenvalue weighted by Crippen LogP contribution is -2.38. The van der Waals surface area contributed by atoms with E-state index in [1.807, 2.05) is 13.8 Å². The Morgan fingerprint density at radius 2 is 2.11 bits per heavy atom. The van der Waals surface area contributed by atoms with E-state index in [2.05, 4.69) is 5.32 Å². The molecule has 0 aliphatic carbocycles. The molecule has 100 valence electrons. The van der Waals surface area contributed by atoms with Crippen LogP contribution in [0.4, 0.5) is 5.69 Å². The highest BCUT2D eigenvalue weighted by atomic mass is 16.3. The Morgan fingerprint density at radius 3 is 2.67 bits per heavy atom. The molecule has 0 aliphatic rings. The van der Waals surface area contributed by atoms with Crippen LogP contribution in [0.2, 0.25) is 0 Å². The number of hydrogen-bond donors (Lipinski definition) is 4. The van der Waals surface area contributed by atoms with Gasteiger partial charge in [0.15, 0.2) is 5.75 Å². The van der Waals surface area contributed by atoms with Gasteiger partial charge in [0.1, 0.15) is 0 Å². The largest absolute Gasteiger partial charge is 0.505 e. The number of hydrogen-bond acceptors (Lipinski definition) is 4. The molecule has 0 aromatic heterocycles. The van der Waals surface area contributed by atoms with Crippen molar-refractivity contribution in [2.75, 3.05) is 12.3 Å². The first-order valence-electron chi connectivity index (χ1n) is 5.94. The Kier molecular flexibility index (Phi) is 4.97. The van der Waals surface area contributed by atoms with Crippen molar-refractivity contribution < 1.29 is 15.0 Å². The Labute approximate surface area is 107 Å². The molecule has 0 fully saturated rings. The third-order valence-corrected chi connectivity index (χ3v) is 2.62. The van der Waals surface area contributed by atoms with Crippen LogP contribution < -0.4 is 11.1 Å². The van der Waals surface area contributed by atoms with Crippen LogP contribution in [0.15, 0.2) is 18.2 Å². The van der Waals surface area contributed by atoms with Crippen molar-refractivity contribution in [3.63, 3.8) is 0 Å². The number of carbonyl (C=O) groups excluding carboxylic acids is 1. The van der Waals surface area contributed by atoms with Gasteiger partial charge in [-0.1, -0.05) is 19.9 Å². The molecule has 0 saturated heterocycles. The number of amides is 1. The van der Waals surface area contributed by atoms with Crippen molar-refractivity contribution in [3.05, 3.63) is 23.8 Å². The monoisotopic (exact) mass is 252 g/mol. The van der Waals surface area contributed by atoms with Crippen LogP contribution >= 0.6 is 0 Å². The highest BCUT2D eigenvalue weighted by Crippen LogP contribution is 2.24. The summed E-state index contributed by atoms with van der Waals surface area (Å²) in [6, 6.07) is 4.29. The predicted molar refractivity (Wildman–Crippen MR) is 70.3 cm³/mol. The third-order valence-electron chi connectivity index (χ3n) is 2.62. The normalized spacial score (nSPS) is 12.4. The molecule has 0 aliphatic heterocycles. The Balaban J connectivity index is 2.78. The zero-order valence-corrected chi connectivity index (χ0v) is 10.7.